The van der Waals surface area contributed by atoms with E-state index in [2.05, 4.69) is 0 Å². The largest absolute Gasteiger partial charge is 0.466 e. The van der Waals surface area contributed by atoms with E-state index in [4.69, 9.17) is 4.74 Å². The molecule has 1 aromatic rings. The summed E-state index contributed by atoms with van der Waals surface area (Å²) in [5.41, 5.74) is 1.88. The first-order valence-electron chi connectivity index (χ1n) is 6.59. The van der Waals surface area contributed by atoms with E-state index in [1.165, 1.54) is 0 Å². The predicted molar refractivity (Wildman–Crippen MR) is 76.1 cm³/mol. The highest BCUT2D eigenvalue weighted by Gasteiger charge is 2.37. The van der Waals surface area contributed by atoms with Gasteiger partial charge >= 0.3 is 5.97 Å². The first-order valence-corrected chi connectivity index (χ1v) is 8.24. The summed E-state index contributed by atoms with van der Waals surface area (Å²) >= 11 is 0. The molecule has 1 saturated carbocycles. The second-order valence-corrected chi connectivity index (χ2v) is 6.92. The summed E-state index contributed by atoms with van der Waals surface area (Å²) < 4.78 is 29.1. The molecule has 1 aliphatic rings. The Morgan fingerprint density at radius 1 is 1.35 bits per heavy atom. The molecule has 1 unspecified atom stereocenters. The van der Waals surface area contributed by atoms with Crippen LogP contribution in [0.3, 0.4) is 0 Å². The molecular weight excluding hydrogens is 276 g/mol. The molecule has 0 aromatic heterocycles. The molecule has 1 fully saturated rings. The monoisotopic (exact) mass is 294 g/mol. The van der Waals surface area contributed by atoms with Crippen LogP contribution in [0.4, 0.5) is 0 Å². The van der Waals surface area contributed by atoms with Gasteiger partial charge in [0.15, 0.2) is 9.84 Å². The van der Waals surface area contributed by atoms with Crippen LogP contribution >= 0.6 is 0 Å². The van der Waals surface area contributed by atoms with E-state index in [9.17, 15) is 13.2 Å². The van der Waals surface area contributed by atoms with Crippen LogP contribution in [0, 0.1) is 12.8 Å². The van der Waals surface area contributed by atoms with Crippen molar-refractivity contribution in [2.24, 2.45) is 5.92 Å². The molecule has 2 rings (SSSR count). The number of benzene rings is 1. The molecule has 0 N–H and O–H groups in total. The molecule has 0 saturated heterocycles. The number of hydrogen-bond donors (Lipinski definition) is 0. The lowest BCUT2D eigenvalue weighted by Crippen LogP contribution is -2.07. The number of esters is 1. The Labute approximate surface area is 119 Å². The number of carbonyl (C=O) groups is 1. The van der Waals surface area contributed by atoms with Gasteiger partial charge in [0.25, 0.3) is 0 Å². The molecule has 0 heterocycles. The summed E-state index contributed by atoms with van der Waals surface area (Å²) in [4.78, 5) is 11.7. The average molecular weight is 294 g/mol. The summed E-state index contributed by atoms with van der Waals surface area (Å²) in [6, 6.07) is 6.77. The van der Waals surface area contributed by atoms with Crippen LogP contribution < -0.4 is 0 Å². The zero-order valence-electron chi connectivity index (χ0n) is 11.6. The van der Waals surface area contributed by atoms with Gasteiger partial charge in [0.1, 0.15) is 0 Å². The number of ether oxygens (including phenoxy) is 1. The van der Waals surface area contributed by atoms with E-state index in [-0.39, 0.29) is 17.6 Å². The molecule has 0 aliphatic heterocycles. The van der Waals surface area contributed by atoms with Gasteiger partial charge in [-0.05, 0) is 32.4 Å². The molecule has 0 radical (unpaired) electrons. The number of hydrogen-bond acceptors (Lipinski definition) is 4. The molecule has 1 atom stereocenters. The maximum absolute atomic E-state index is 12.1. The van der Waals surface area contributed by atoms with E-state index in [1.807, 2.05) is 6.92 Å². The summed E-state index contributed by atoms with van der Waals surface area (Å²) in [5.74, 6) is -0.559. The summed E-state index contributed by atoms with van der Waals surface area (Å²) in [5, 5.41) is 0. The van der Waals surface area contributed by atoms with E-state index < -0.39 is 9.84 Å². The summed E-state index contributed by atoms with van der Waals surface area (Å²) in [7, 11) is -3.32. The second kappa shape index (κ2) is 5.79. The van der Waals surface area contributed by atoms with Crippen molar-refractivity contribution in [3.05, 3.63) is 41.5 Å². The molecular formula is C15H18O4S. The van der Waals surface area contributed by atoms with Crippen molar-refractivity contribution < 1.29 is 17.9 Å². The highest BCUT2D eigenvalue weighted by Crippen LogP contribution is 2.38. The van der Waals surface area contributed by atoms with Crippen LogP contribution in [0.1, 0.15) is 18.9 Å². The second-order valence-electron chi connectivity index (χ2n) is 4.88. The number of aryl methyl sites for hydroxylation is 1. The third kappa shape index (κ3) is 3.48. The molecule has 0 amide bonds. The van der Waals surface area contributed by atoms with Gasteiger partial charge in [-0.25, -0.2) is 8.42 Å². The first-order chi connectivity index (χ1) is 9.44. The third-order valence-electron chi connectivity index (χ3n) is 3.24. The molecule has 0 bridgehead atoms. The minimum absolute atomic E-state index is 0.0682. The van der Waals surface area contributed by atoms with Crippen molar-refractivity contribution in [1.29, 1.82) is 0 Å². The zero-order valence-corrected chi connectivity index (χ0v) is 12.4. The van der Waals surface area contributed by atoms with Gasteiger partial charge in [0.2, 0.25) is 0 Å². The van der Waals surface area contributed by atoms with Crippen LogP contribution in [0.15, 0.2) is 40.8 Å². The highest BCUT2D eigenvalue weighted by molar-refractivity contribution is 7.91. The molecule has 1 aliphatic carbocycles. The topological polar surface area (TPSA) is 60.4 Å². The minimum Gasteiger partial charge on any atom is -0.466 e. The molecule has 0 spiro atoms. The maximum Gasteiger partial charge on any atom is 0.313 e. The Hall–Kier alpha value is -1.62. The van der Waals surface area contributed by atoms with Gasteiger partial charge in [0.05, 0.1) is 23.2 Å². The van der Waals surface area contributed by atoms with E-state index in [0.717, 1.165) is 11.1 Å². The van der Waals surface area contributed by atoms with Crippen molar-refractivity contribution in [2.75, 3.05) is 12.4 Å². The number of rotatable bonds is 5. The third-order valence-corrected chi connectivity index (χ3v) is 4.84. The fourth-order valence-electron chi connectivity index (χ4n) is 1.94. The Kier molecular flexibility index (Phi) is 4.28. The van der Waals surface area contributed by atoms with Crippen LogP contribution in [0.5, 0.6) is 0 Å². The van der Waals surface area contributed by atoms with Crippen molar-refractivity contribution in [3.63, 3.8) is 0 Å². The van der Waals surface area contributed by atoms with Crippen molar-refractivity contribution >= 4 is 15.8 Å². The Bertz CT molecular complexity index is 626. The van der Waals surface area contributed by atoms with Crippen molar-refractivity contribution in [1.82, 2.24) is 0 Å². The quantitative estimate of drug-likeness (QED) is 0.617. The van der Waals surface area contributed by atoms with Gasteiger partial charge in [-0.1, -0.05) is 29.3 Å². The van der Waals surface area contributed by atoms with Crippen molar-refractivity contribution in [2.45, 2.75) is 25.2 Å². The van der Waals surface area contributed by atoms with Crippen molar-refractivity contribution in [3.8, 4) is 0 Å². The first kappa shape index (κ1) is 14.8. The Morgan fingerprint density at radius 3 is 2.60 bits per heavy atom. The van der Waals surface area contributed by atoms with Crippen LogP contribution in [0.25, 0.3) is 0 Å². The number of carbonyl (C=O) groups excluding carboxylic acids is 1. The van der Waals surface area contributed by atoms with Gasteiger partial charge in [-0.2, -0.15) is 0 Å². The van der Waals surface area contributed by atoms with Gasteiger partial charge in [-0.3, -0.25) is 4.79 Å². The van der Waals surface area contributed by atoms with Crippen LogP contribution in [0.2, 0.25) is 0 Å². The molecule has 20 heavy (non-hydrogen) atoms. The smallest absolute Gasteiger partial charge is 0.313 e. The Balaban J connectivity index is 2.01. The van der Waals surface area contributed by atoms with Gasteiger partial charge in [0, 0.05) is 0 Å². The lowest BCUT2D eigenvalue weighted by Gasteiger charge is -2.01. The Morgan fingerprint density at radius 2 is 2.00 bits per heavy atom. The van der Waals surface area contributed by atoms with E-state index in [0.29, 0.717) is 17.9 Å². The lowest BCUT2D eigenvalue weighted by atomic mass is 10.2. The highest BCUT2D eigenvalue weighted by atomic mass is 32.2. The standard InChI is InChI=1S/C15H18O4S/c1-3-19-15(16)14-10-12(14)8-9-20(17,18)13-6-4-11(2)5-7-13/h4-8,14H,3,9-10H2,1-2H3/b12-8+. The predicted octanol–water partition coefficient (Wildman–Crippen LogP) is 2.28. The fraction of sp³-hybridized carbons (Fsp3) is 0.400. The maximum atomic E-state index is 12.1. The zero-order chi connectivity index (χ0) is 14.8. The molecule has 108 valence electrons. The molecule has 5 heteroatoms. The summed E-state index contributed by atoms with van der Waals surface area (Å²) in [6.45, 7) is 4.02. The van der Waals surface area contributed by atoms with E-state index in [1.54, 1.807) is 37.3 Å². The number of sulfone groups is 1. The molecule has 1 aromatic carbocycles. The van der Waals surface area contributed by atoms with Gasteiger partial charge < -0.3 is 4.74 Å². The molecule has 4 nitrogen and oxygen atoms in total. The summed E-state index contributed by atoms with van der Waals surface area (Å²) in [6.07, 6.45) is 2.25. The minimum atomic E-state index is -3.32. The normalized spacial score (nSPS) is 19.9. The van der Waals surface area contributed by atoms with Crippen LogP contribution in [-0.2, 0) is 19.4 Å². The van der Waals surface area contributed by atoms with E-state index >= 15 is 0 Å². The fourth-order valence-corrected chi connectivity index (χ4v) is 3.12. The van der Waals surface area contributed by atoms with Crippen LogP contribution in [-0.4, -0.2) is 26.7 Å². The van der Waals surface area contributed by atoms with Gasteiger partial charge in [-0.15, -0.1) is 0 Å². The average Bonchev–Trinajstić information content (AvgIpc) is 3.17. The lowest BCUT2D eigenvalue weighted by molar-refractivity contribution is -0.144. The SMILES string of the molecule is CCOC(=O)C1C/C1=C\CS(=O)(=O)c1ccc(C)cc1.